The maximum absolute atomic E-state index is 13.2. The summed E-state index contributed by atoms with van der Waals surface area (Å²) in [5.41, 5.74) is 11.2. The van der Waals surface area contributed by atoms with Crippen molar-refractivity contribution in [1.82, 2.24) is 9.88 Å². The van der Waals surface area contributed by atoms with Crippen LogP contribution in [0.3, 0.4) is 0 Å². The van der Waals surface area contributed by atoms with Gasteiger partial charge in [-0.05, 0) is 47.9 Å². The van der Waals surface area contributed by atoms with Gasteiger partial charge in [-0.1, -0.05) is 54.6 Å². The summed E-state index contributed by atoms with van der Waals surface area (Å²) < 4.78 is 10.5. The molecule has 3 aromatic rings. The average Bonchev–Trinajstić information content (AvgIpc) is 2.97. The van der Waals surface area contributed by atoms with E-state index in [2.05, 4.69) is 54.2 Å². The lowest BCUT2D eigenvalue weighted by atomic mass is 9.88. The third-order valence-electron chi connectivity index (χ3n) is 6.66. The van der Waals surface area contributed by atoms with Crippen LogP contribution in [0.15, 0.2) is 77.8 Å². The molecule has 1 aliphatic heterocycles. The maximum atomic E-state index is 13.2. The Morgan fingerprint density at radius 1 is 1.00 bits per heavy atom. The van der Waals surface area contributed by atoms with Crippen molar-refractivity contribution in [1.29, 1.82) is 0 Å². The van der Waals surface area contributed by atoms with Gasteiger partial charge >= 0.3 is 0 Å². The van der Waals surface area contributed by atoms with E-state index in [1.165, 1.54) is 36.5 Å². The molecule has 7 nitrogen and oxygen atoms in total. The zero-order chi connectivity index (χ0) is 27.2. The first-order valence-corrected chi connectivity index (χ1v) is 13.4. The lowest BCUT2D eigenvalue weighted by molar-refractivity contribution is -0.142. The molecule has 1 aliphatic rings. The second kappa shape index (κ2) is 12.0. The number of carbonyl (C=O) groups excluding carboxylic acids is 2. The molecule has 196 valence electrons. The number of hydrogen-bond acceptors (Lipinski definition) is 7. The topological polar surface area (TPSA) is 94.8 Å². The molecule has 1 amide bonds. The number of ether oxygens (including phenoxy) is 2. The fraction of sp³-hybridized carbons (Fsp3) is 0.233. The number of benzene rings is 2. The minimum absolute atomic E-state index is 0.0507. The molecule has 38 heavy (non-hydrogen) atoms. The fourth-order valence-corrected chi connectivity index (χ4v) is 5.15. The average molecular weight is 530 g/mol. The van der Waals surface area contributed by atoms with E-state index in [0.717, 1.165) is 11.1 Å². The van der Waals surface area contributed by atoms with Crippen LogP contribution in [-0.4, -0.2) is 55.1 Å². The first kappa shape index (κ1) is 27.0. The van der Waals surface area contributed by atoms with E-state index in [-0.39, 0.29) is 28.5 Å². The van der Waals surface area contributed by atoms with E-state index in [9.17, 15) is 9.59 Å². The molecule has 8 heteroatoms. The van der Waals surface area contributed by atoms with E-state index in [0.29, 0.717) is 25.9 Å². The van der Waals surface area contributed by atoms with Crippen molar-refractivity contribution < 1.29 is 19.1 Å². The Labute approximate surface area is 227 Å². The number of Topliss-reactive ketones (excluding diaryl/α,β-unsaturated/α-hetero) is 1. The number of ketones is 1. The fourth-order valence-electron chi connectivity index (χ4n) is 4.69. The number of nitrogens with two attached hydrogens (primary N) is 1. The SMILES string of the molecule is C=C(C(=O)C(=O)N1CCC(=C(c2ccccc2)c2cccc(SC)c2)CC1)c1c(OC)cnc(OC)c1N. The van der Waals surface area contributed by atoms with E-state index in [4.69, 9.17) is 15.2 Å². The molecule has 2 heterocycles. The van der Waals surface area contributed by atoms with Crippen molar-refractivity contribution in [2.75, 3.05) is 39.3 Å². The third-order valence-corrected chi connectivity index (χ3v) is 7.38. The number of hydrogen-bond donors (Lipinski definition) is 1. The number of piperidine rings is 1. The molecule has 0 bridgehead atoms. The maximum Gasteiger partial charge on any atom is 0.294 e. The van der Waals surface area contributed by atoms with Gasteiger partial charge in [-0.2, -0.15) is 0 Å². The molecular weight excluding hydrogens is 498 g/mol. The monoisotopic (exact) mass is 529 g/mol. The highest BCUT2D eigenvalue weighted by Crippen LogP contribution is 2.37. The van der Waals surface area contributed by atoms with Crippen molar-refractivity contribution in [3.05, 3.63) is 89.6 Å². The van der Waals surface area contributed by atoms with E-state index in [1.54, 1.807) is 16.7 Å². The summed E-state index contributed by atoms with van der Waals surface area (Å²) in [6, 6.07) is 18.8. The van der Waals surface area contributed by atoms with Crippen LogP contribution in [0.2, 0.25) is 0 Å². The summed E-state index contributed by atoms with van der Waals surface area (Å²) in [6.07, 6.45) is 4.78. The number of thioether (sulfide) groups is 1. The Morgan fingerprint density at radius 2 is 1.68 bits per heavy atom. The van der Waals surface area contributed by atoms with Gasteiger partial charge in [0.25, 0.3) is 11.7 Å². The number of pyridine rings is 1. The third kappa shape index (κ3) is 5.45. The van der Waals surface area contributed by atoms with Gasteiger partial charge < -0.3 is 20.1 Å². The first-order chi connectivity index (χ1) is 18.4. The van der Waals surface area contributed by atoms with E-state index in [1.807, 2.05) is 18.2 Å². The largest absolute Gasteiger partial charge is 0.494 e. The van der Waals surface area contributed by atoms with E-state index >= 15 is 0 Å². The van der Waals surface area contributed by atoms with Gasteiger partial charge in [-0.15, -0.1) is 11.8 Å². The number of likely N-dealkylation sites (tertiary alicyclic amines) is 1. The van der Waals surface area contributed by atoms with Crippen molar-refractivity contribution in [2.45, 2.75) is 17.7 Å². The number of methoxy groups -OCH3 is 2. The summed E-state index contributed by atoms with van der Waals surface area (Å²) in [4.78, 5) is 33.3. The minimum Gasteiger partial charge on any atom is -0.494 e. The Kier molecular flexibility index (Phi) is 8.53. The molecule has 2 aromatic carbocycles. The molecule has 2 N–H and O–H groups in total. The Morgan fingerprint density at radius 3 is 2.32 bits per heavy atom. The molecule has 0 aliphatic carbocycles. The first-order valence-electron chi connectivity index (χ1n) is 12.2. The van der Waals surface area contributed by atoms with Gasteiger partial charge in [0, 0.05) is 23.6 Å². The van der Waals surface area contributed by atoms with Gasteiger partial charge in [-0.25, -0.2) is 4.98 Å². The zero-order valence-corrected chi connectivity index (χ0v) is 22.6. The molecule has 1 fully saturated rings. The minimum atomic E-state index is -0.730. The Hall–Kier alpha value is -4.04. The van der Waals surface area contributed by atoms with Crippen molar-refractivity contribution >= 4 is 40.3 Å². The Bertz CT molecular complexity index is 1390. The van der Waals surface area contributed by atoms with Crippen LogP contribution < -0.4 is 15.2 Å². The highest BCUT2D eigenvalue weighted by atomic mass is 32.2. The molecule has 0 spiro atoms. The van der Waals surface area contributed by atoms with E-state index < -0.39 is 11.7 Å². The quantitative estimate of drug-likeness (QED) is 0.246. The number of rotatable bonds is 8. The summed E-state index contributed by atoms with van der Waals surface area (Å²) in [7, 11) is 2.86. The van der Waals surface area contributed by atoms with Crippen LogP contribution >= 0.6 is 11.8 Å². The molecule has 0 atom stereocenters. The number of nitrogens with zero attached hydrogens (tertiary/aromatic N) is 2. The molecule has 4 rings (SSSR count). The van der Waals surface area contributed by atoms with Gasteiger partial charge in [0.2, 0.25) is 5.88 Å². The number of anilines is 1. The highest BCUT2D eigenvalue weighted by molar-refractivity contribution is 7.98. The second-order valence-electron chi connectivity index (χ2n) is 8.80. The van der Waals surface area contributed by atoms with Crippen LogP contribution in [0.25, 0.3) is 11.1 Å². The molecule has 0 radical (unpaired) electrons. The predicted molar refractivity (Wildman–Crippen MR) is 152 cm³/mol. The predicted octanol–water partition coefficient (Wildman–Crippen LogP) is 5.11. The number of amides is 1. The zero-order valence-electron chi connectivity index (χ0n) is 21.8. The smallest absolute Gasteiger partial charge is 0.294 e. The molecule has 0 unspecified atom stereocenters. The van der Waals surface area contributed by atoms with Gasteiger partial charge in [0.15, 0.2) is 0 Å². The lowest BCUT2D eigenvalue weighted by Crippen LogP contribution is -2.41. The van der Waals surface area contributed by atoms with Crippen LogP contribution in [0.5, 0.6) is 11.6 Å². The Balaban J connectivity index is 1.58. The van der Waals surface area contributed by atoms with Crippen LogP contribution in [0.1, 0.15) is 29.5 Å². The number of carbonyl (C=O) groups is 2. The van der Waals surface area contributed by atoms with Gasteiger partial charge in [-0.3, -0.25) is 9.59 Å². The van der Waals surface area contributed by atoms with Gasteiger partial charge in [0.05, 0.1) is 26.0 Å². The summed E-state index contributed by atoms with van der Waals surface area (Å²) >= 11 is 1.71. The van der Waals surface area contributed by atoms with Crippen molar-refractivity contribution in [3.63, 3.8) is 0 Å². The summed E-state index contributed by atoms with van der Waals surface area (Å²) in [6.45, 7) is 4.73. The van der Waals surface area contributed by atoms with Crippen LogP contribution in [0, 0.1) is 0 Å². The standard InChI is InChI=1S/C30H31N3O4S/c1-19(25-24(36-2)18-32-29(37-3)27(25)31)28(34)30(35)33-15-13-21(14-16-33)26(20-9-6-5-7-10-20)22-11-8-12-23(17-22)38-4/h5-12,17-18H,1,13-16,31H2,2-4H3. The number of aromatic nitrogens is 1. The molecule has 1 saturated heterocycles. The molecule has 0 saturated carbocycles. The van der Waals surface area contributed by atoms with Crippen molar-refractivity contribution in [2.24, 2.45) is 0 Å². The molecule has 1 aromatic heterocycles. The second-order valence-corrected chi connectivity index (χ2v) is 9.68. The highest BCUT2D eigenvalue weighted by Gasteiger charge is 2.31. The number of nitrogen functional groups attached to an aromatic ring is 1. The molecular formula is C30H31N3O4S. The normalized spacial score (nSPS) is 13.1. The summed E-state index contributed by atoms with van der Waals surface area (Å²) in [5, 5.41) is 0. The van der Waals surface area contributed by atoms with Crippen molar-refractivity contribution in [3.8, 4) is 11.6 Å². The van der Waals surface area contributed by atoms with Crippen LogP contribution in [-0.2, 0) is 9.59 Å². The summed E-state index contributed by atoms with van der Waals surface area (Å²) in [5.74, 6) is -0.962. The lowest BCUT2D eigenvalue weighted by Gasteiger charge is -2.30. The van der Waals surface area contributed by atoms with Crippen LogP contribution in [0.4, 0.5) is 5.69 Å². The van der Waals surface area contributed by atoms with Gasteiger partial charge in [0.1, 0.15) is 11.4 Å².